The van der Waals surface area contributed by atoms with Crippen molar-refractivity contribution in [3.63, 3.8) is 0 Å². The maximum Gasteiger partial charge on any atom is 0.198 e. The van der Waals surface area contributed by atoms with Crippen molar-refractivity contribution in [2.24, 2.45) is 0 Å². The van der Waals surface area contributed by atoms with Crippen LogP contribution in [0.5, 0.6) is 0 Å². The molecule has 4 nitrogen and oxygen atoms in total. The minimum atomic E-state index is -3.65. The Bertz CT molecular complexity index is 861. The molecule has 0 radical (unpaired) electrons. The molecular formula is C16H14BrNO3S. The molecule has 1 heterocycles. The van der Waals surface area contributed by atoms with Gasteiger partial charge in [-0.15, -0.1) is 0 Å². The molecule has 1 N–H and O–H groups in total. The van der Waals surface area contributed by atoms with Crippen LogP contribution in [0.25, 0.3) is 0 Å². The van der Waals surface area contributed by atoms with Gasteiger partial charge in [-0.3, -0.25) is 10.1 Å². The van der Waals surface area contributed by atoms with Crippen LogP contribution in [0.3, 0.4) is 0 Å². The molecule has 114 valence electrons. The number of aryl methyl sites for hydroxylation is 1. The first-order valence-corrected chi connectivity index (χ1v) is 9.11. The Balaban J connectivity index is 2.21. The number of sulfone groups is 1. The molecule has 0 aromatic heterocycles. The van der Waals surface area contributed by atoms with E-state index in [4.69, 9.17) is 0 Å². The van der Waals surface area contributed by atoms with E-state index in [1.54, 1.807) is 49.4 Å². The zero-order chi connectivity index (χ0) is 15.9. The summed E-state index contributed by atoms with van der Waals surface area (Å²) in [4.78, 5) is 12.3. The van der Waals surface area contributed by atoms with E-state index in [0.717, 1.165) is 0 Å². The molecule has 1 aliphatic rings. The van der Waals surface area contributed by atoms with E-state index in [2.05, 4.69) is 21.2 Å². The van der Waals surface area contributed by atoms with Gasteiger partial charge in [0.2, 0.25) is 0 Å². The predicted molar refractivity (Wildman–Crippen MR) is 87.6 cm³/mol. The van der Waals surface area contributed by atoms with Crippen molar-refractivity contribution >= 4 is 31.6 Å². The first-order valence-electron chi connectivity index (χ1n) is 6.77. The van der Waals surface area contributed by atoms with Gasteiger partial charge in [0.05, 0.1) is 11.4 Å². The van der Waals surface area contributed by atoms with Gasteiger partial charge in [-0.25, -0.2) is 8.42 Å². The van der Waals surface area contributed by atoms with Crippen LogP contribution < -0.4 is 5.32 Å². The molecule has 0 aliphatic carbocycles. The molecule has 1 aliphatic heterocycles. The van der Waals surface area contributed by atoms with Crippen molar-refractivity contribution < 1.29 is 13.2 Å². The third-order valence-electron chi connectivity index (χ3n) is 3.77. The molecule has 0 amide bonds. The summed E-state index contributed by atoms with van der Waals surface area (Å²) in [5.74, 6) is -0.104. The summed E-state index contributed by atoms with van der Waals surface area (Å²) in [7, 11) is -3.65. The molecule has 0 fully saturated rings. The number of carbonyl (C=O) groups is 1. The van der Waals surface area contributed by atoms with Crippen molar-refractivity contribution in [1.29, 1.82) is 0 Å². The third-order valence-corrected chi connectivity index (χ3v) is 6.56. The van der Waals surface area contributed by atoms with Gasteiger partial charge in [0.15, 0.2) is 15.6 Å². The van der Waals surface area contributed by atoms with E-state index in [1.807, 2.05) is 0 Å². The number of hydrogen-bond acceptors (Lipinski definition) is 4. The first kappa shape index (κ1) is 15.4. The largest absolute Gasteiger partial charge is 0.293 e. The van der Waals surface area contributed by atoms with Crippen LogP contribution in [0.15, 0.2) is 51.8 Å². The number of fused-ring (bicyclic) bond motifs is 1. The quantitative estimate of drug-likeness (QED) is 0.870. The van der Waals surface area contributed by atoms with E-state index in [-0.39, 0.29) is 17.2 Å². The number of ketones is 1. The van der Waals surface area contributed by atoms with Crippen LogP contribution >= 0.6 is 15.9 Å². The van der Waals surface area contributed by atoms with Gasteiger partial charge in [-0.05, 0) is 24.6 Å². The van der Waals surface area contributed by atoms with Crippen LogP contribution in [0.4, 0.5) is 0 Å². The summed E-state index contributed by atoms with van der Waals surface area (Å²) in [5, 5.41) is 1.93. The van der Waals surface area contributed by atoms with Gasteiger partial charge in [0, 0.05) is 15.6 Å². The Hall–Kier alpha value is -1.50. The van der Waals surface area contributed by atoms with Crippen LogP contribution in [0, 0.1) is 6.92 Å². The molecule has 1 atom stereocenters. The third kappa shape index (κ3) is 2.41. The number of nitrogens with one attached hydrogen (secondary N) is 1. The van der Waals surface area contributed by atoms with Crippen LogP contribution in [0.2, 0.25) is 0 Å². The molecule has 2 aromatic carbocycles. The minimum Gasteiger partial charge on any atom is -0.293 e. The zero-order valence-corrected chi connectivity index (χ0v) is 14.2. The minimum absolute atomic E-state index is 0.0131. The fourth-order valence-electron chi connectivity index (χ4n) is 2.70. The highest BCUT2D eigenvalue weighted by atomic mass is 79.9. The Morgan fingerprint density at radius 3 is 2.59 bits per heavy atom. The molecule has 0 spiro atoms. The standard InChI is InChI=1S/C16H14BrNO3S/c1-10-5-2-3-8-14(10)22(20,21)16-15-11(13(19)9-18-16)6-4-7-12(15)17/h2-8,16,18H,9H2,1H3. The first-order chi connectivity index (χ1) is 10.4. The molecule has 3 rings (SSSR count). The fourth-order valence-corrected chi connectivity index (χ4v) is 5.35. The van der Waals surface area contributed by atoms with Gasteiger partial charge in [0.1, 0.15) is 5.37 Å². The molecule has 0 saturated carbocycles. The summed E-state index contributed by atoms with van der Waals surface area (Å²) in [6, 6.07) is 12.0. The number of halogens is 1. The van der Waals surface area contributed by atoms with E-state index >= 15 is 0 Å². The summed E-state index contributed by atoms with van der Waals surface area (Å²) < 4.78 is 26.7. The predicted octanol–water partition coefficient (Wildman–Crippen LogP) is 3.02. The van der Waals surface area contributed by atoms with Crippen LogP contribution in [-0.4, -0.2) is 20.7 Å². The van der Waals surface area contributed by atoms with Gasteiger partial charge < -0.3 is 0 Å². The second-order valence-electron chi connectivity index (χ2n) is 5.20. The van der Waals surface area contributed by atoms with Crippen molar-refractivity contribution in [3.8, 4) is 0 Å². The highest BCUT2D eigenvalue weighted by molar-refractivity contribution is 9.10. The molecule has 22 heavy (non-hydrogen) atoms. The molecule has 1 unspecified atom stereocenters. The summed E-state index contributed by atoms with van der Waals surface area (Å²) >= 11 is 3.38. The molecule has 0 bridgehead atoms. The highest BCUT2D eigenvalue weighted by Crippen LogP contribution is 2.37. The van der Waals surface area contributed by atoms with E-state index in [9.17, 15) is 13.2 Å². The monoisotopic (exact) mass is 379 g/mol. The second-order valence-corrected chi connectivity index (χ2v) is 8.05. The van der Waals surface area contributed by atoms with Crippen LogP contribution in [-0.2, 0) is 9.84 Å². The maximum atomic E-state index is 13.0. The lowest BCUT2D eigenvalue weighted by molar-refractivity contribution is 0.0981. The lowest BCUT2D eigenvalue weighted by Gasteiger charge is -2.27. The Morgan fingerprint density at radius 2 is 1.86 bits per heavy atom. The number of hydrogen-bond donors (Lipinski definition) is 1. The van der Waals surface area contributed by atoms with Gasteiger partial charge in [0.25, 0.3) is 0 Å². The highest BCUT2D eigenvalue weighted by Gasteiger charge is 2.37. The van der Waals surface area contributed by atoms with Crippen molar-refractivity contribution in [3.05, 3.63) is 63.6 Å². The molecular weight excluding hydrogens is 366 g/mol. The zero-order valence-electron chi connectivity index (χ0n) is 11.8. The number of Topliss-reactive ketones (excluding diaryl/α,β-unsaturated/α-hetero) is 1. The van der Waals surface area contributed by atoms with Gasteiger partial charge in [-0.2, -0.15) is 0 Å². The number of rotatable bonds is 2. The van der Waals surface area contributed by atoms with E-state index in [0.29, 0.717) is 21.2 Å². The topological polar surface area (TPSA) is 63.2 Å². The smallest absolute Gasteiger partial charge is 0.198 e. The normalized spacial score (nSPS) is 18.1. The Morgan fingerprint density at radius 1 is 1.14 bits per heavy atom. The SMILES string of the molecule is Cc1ccccc1S(=O)(=O)C1NCC(=O)c2cccc(Br)c21. The average Bonchev–Trinajstić information content (AvgIpc) is 2.48. The van der Waals surface area contributed by atoms with Gasteiger partial charge >= 0.3 is 0 Å². The Kier molecular flexibility index (Phi) is 3.92. The van der Waals surface area contributed by atoms with Crippen molar-refractivity contribution in [2.75, 3.05) is 6.54 Å². The maximum absolute atomic E-state index is 13.0. The summed E-state index contributed by atoms with van der Waals surface area (Å²) in [6.45, 7) is 1.78. The fraction of sp³-hybridized carbons (Fsp3) is 0.188. The van der Waals surface area contributed by atoms with E-state index < -0.39 is 15.2 Å². The van der Waals surface area contributed by atoms with Crippen LogP contribution in [0.1, 0.15) is 26.9 Å². The molecule has 0 saturated heterocycles. The van der Waals surface area contributed by atoms with Gasteiger partial charge in [-0.1, -0.05) is 46.3 Å². The second kappa shape index (κ2) is 5.61. The lowest BCUT2D eigenvalue weighted by Crippen LogP contribution is -2.39. The molecule has 6 heteroatoms. The number of benzene rings is 2. The average molecular weight is 380 g/mol. The van der Waals surface area contributed by atoms with E-state index in [1.165, 1.54) is 0 Å². The van der Waals surface area contributed by atoms with Crippen molar-refractivity contribution in [1.82, 2.24) is 5.32 Å². The Labute approximate surface area is 137 Å². The summed E-state index contributed by atoms with van der Waals surface area (Å²) in [5.41, 5.74) is 1.63. The molecule has 2 aromatic rings. The number of carbonyl (C=O) groups excluding carboxylic acids is 1. The summed E-state index contributed by atoms with van der Waals surface area (Å²) in [6.07, 6.45) is 0. The van der Waals surface area contributed by atoms with Crippen molar-refractivity contribution in [2.45, 2.75) is 17.2 Å². The lowest BCUT2D eigenvalue weighted by atomic mass is 10.00.